The van der Waals surface area contributed by atoms with Gasteiger partial charge in [-0.3, -0.25) is 4.79 Å². The number of carbonyl (C=O) groups is 1. The van der Waals surface area contributed by atoms with Crippen molar-refractivity contribution < 1.29 is 13.9 Å². The summed E-state index contributed by atoms with van der Waals surface area (Å²) >= 11 is 3.17. The average Bonchev–Trinajstić information content (AvgIpc) is 2.10. The smallest absolute Gasteiger partial charge is 0.310 e. The molecule has 0 aromatic heterocycles. The number of halogens is 2. The standard InChI is InChI=1S/C10H10BrFO2/c1-6-3-7(11)4-9(12)8(6)5-10(13)14-2/h3-4H,5H2,1-2H3. The minimum atomic E-state index is -0.436. The lowest BCUT2D eigenvalue weighted by Gasteiger charge is -2.06. The van der Waals surface area contributed by atoms with Crippen molar-refractivity contribution >= 4 is 21.9 Å². The molecule has 0 bridgehead atoms. The number of hydrogen-bond donors (Lipinski definition) is 0. The van der Waals surface area contributed by atoms with Crippen LogP contribution >= 0.6 is 15.9 Å². The molecule has 0 fully saturated rings. The number of aryl methyl sites for hydroxylation is 1. The van der Waals surface area contributed by atoms with E-state index in [0.717, 1.165) is 5.56 Å². The fourth-order valence-corrected chi connectivity index (χ4v) is 1.72. The normalized spacial score (nSPS) is 10.0. The molecule has 0 heterocycles. The zero-order valence-corrected chi connectivity index (χ0v) is 9.52. The van der Waals surface area contributed by atoms with Gasteiger partial charge in [-0.2, -0.15) is 0 Å². The molecule has 0 unspecified atom stereocenters. The van der Waals surface area contributed by atoms with E-state index in [4.69, 9.17) is 0 Å². The molecule has 0 aliphatic rings. The van der Waals surface area contributed by atoms with Crippen LogP contribution in [0.15, 0.2) is 16.6 Å². The highest BCUT2D eigenvalue weighted by Crippen LogP contribution is 2.20. The number of esters is 1. The minimum absolute atomic E-state index is 0.0263. The summed E-state index contributed by atoms with van der Waals surface area (Å²) in [6, 6.07) is 3.10. The van der Waals surface area contributed by atoms with Crippen molar-refractivity contribution in [2.24, 2.45) is 0 Å². The number of hydrogen-bond acceptors (Lipinski definition) is 2. The van der Waals surface area contributed by atoms with Crippen LogP contribution in [0.5, 0.6) is 0 Å². The van der Waals surface area contributed by atoms with Gasteiger partial charge in [-0.25, -0.2) is 4.39 Å². The van der Waals surface area contributed by atoms with Gasteiger partial charge in [0.25, 0.3) is 0 Å². The summed E-state index contributed by atoms with van der Waals surface area (Å²) in [7, 11) is 1.29. The lowest BCUT2D eigenvalue weighted by atomic mass is 10.1. The van der Waals surface area contributed by atoms with E-state index in [2.05, 4.69) is 20.7 Å². The highest BCUT2D eigenvalue weighted by Gasteiger charge is 2.11. The van der Waals surface area contributed by atoms with Crippen molar-refractivity contribution in [3.63, 3.8) is 0 Å². The zero-order valence-electron chi connectivity index (χ0n) is 7.93. The molecule has 1 rings (SSSR count). The number of ether oxygens (including phenoxy) is 1. The maximum absolute atomic E-state index is 13.4. The van der Waals surface area contributed by atoms with Crippen molar-refractivity contribution in [3.05, 3.63) is 33.5 Å². The summed E-state index contributed by atoms with van der Waals surface area (Å²) < 4.78 is 18.5. The van der Waals surface area contributed by atoms with Gasteiger partial charge in [-0.05, 0) is 24.6 Å². The zero-order chi connectivity index (χ0) is 10.7. The van der Waals surface area contributed by atoms with Crippen molar-refractivity contribution in [1.29, 1.82) is 0 Å². The molecule has 0 radical (unpaired) electrons. The van der Waals surface area contributed by atoms with E-state index in [9.17, 15) is 9.18 Å². The molecule has 4 heteroatoms. The number of methoxy groups -OCH3 is 1. The van der Waals surface area contributed by atoms with Crippen LogP contribution in [0.1, 0.15) is 11.1 Å². The van der Waals surface area contributed by atoms with Gasteiger partial charge in [-0.1, -0.05) is 15.9 Å². The van der Waals surface area contributed by atoms with Crippen LogP contribution in [-0.4, -0.2) is 13.1 Å². The summed E-state index contributed by atoms with van der Waals surface area (Å²) in [5, 5.41) is 0. The van der Waals surface area contributed by atoms with Crippen molar-refractivity contribution in [2.75, 3.05) is 7.11 Å². The van der Waals surface area contributed by atoms with E-state index >= 15 is 0 Å². The van der Waals surface area contributed by atoms with Crippen LogP contribution in [-0.2, 0) is 16.0 Å². The first-order valence-electron chi connectivity index (χ1n) is 4.06. The summed E-state index contributed by atoms with van der Waals surface area (Å²) in [6.45, 7) is 1.76. The lowest BCUT2D eigenvalue weighted by molar-refractivity contribution is -0.139. The van der Waals surface area contributed by atoms with E-state index in [-0.39, 0.29) is 12.2 Å². The molecular formula is C10H10BrFO2. The summed E-state index contributed by atoms with van der Waals surface area (Å²) in [6.07, 6.45) is -0.0263. The molecule has 0 amide bonds. The minimum Gasteiger partial charge on any atom is -0.469 e. The Bertz CT molecular complexity index is 340. The van der Waals surface area contributed by atoms with Crippen molar-refractivity contribution in [2.45, 2.75) is 13.3 Å². The predicted octanol–water partition coefficient (Wildman–Crippen LogP) is 2.61. The summed E-state index contributed by atoms with van der Waals surface area (Å²) in [5.74, 6) is -0.823. The van der Waals surface area contributed by atoms with E-state index in [1.54, 1.807) is 13.0 Å². The van der Waals surface area contributed by atoms with Gasteiger partial charge in [0.15, 0.2) is 0 Å². The van der Waals surface area contributed by atoms with Crippen LogP contribution in [0, 0.1) is 12.7 Å². The highest BCUT2D eigenvalue weighted by molar-refractivity contribution is 9.10. The first kappa shape index (κ1) is 11.2. The van der Waals surface area contributed by atoms with Crippen LogP contribution in [0.4, 0.5) is 4.39 Å². The Hall–Kier alpha value is -0.900. The first-order valence-corrected chi connectivity index (χ1v) is 4.85. The Morgan fingerprint density at radius 2 is 2.21 bits per heavy atom. The van der Waals surface area contributed by atoms with Gasteiger partial charge in [0.1, 0.15) is 5.82 Å². The predicted molar refractivity (Wildman–Crippen MR) is 54.6 cm³/mol. The molecule has 0 saturated heterocycles. The van der Waals surface area contributed by atoms with Gasteiger partial charge < -0.3 is 4.74 Å². The van der Waals surface area contributed by atoms with Gasteiger partial charge >= 0.3 is 5.97 Å². The second kappa shape index (κ2) is 4.55. The van der Waals surface area contributed by atoms with Gasteiger partial charge in [0, 0.05) is 10.0 Å². The third kappa shape index (κ3) is 2.54. The second-order valence-corrected chi connectivity index (χ2v) is 3.85. The monoisotopic (exact) mass is 260 g/mol. The SMILES string of the molecule is COC(=O)Cc1c(C)cc(Br)cc1F. The molecule has 14 heavy (non-hydrogen) atoms. The largest absolute Gasteiger partial charge is 0.469 e. The molecule has 0 N–H and O–H groups in total. The van der Waals surface area contributed by atoms with Crippen LogP contribution < -0.4 is 0 Å². The third-order valence-corrected chi connectivity index (χ3v) is 2.39. The number of rotatable bonds is 2. The second-order valence-electron chi connectivity index (χ2n) is 2.94. The molecule has 76 valence electrons. The fourth-order valence-electron chi connectivity index (χ4n) is 1.17. The van der Waals surface area contributed by atoms with E-state index in [1.807, 2.05) is 0 Å². The third-order valence-electron chi connectivity index (χ3n) is 1.93. The fraction of sp³-hybridized carbons (Fsp3) is 0.300. The summed E-state index contributed by atoms with van der Waals surface area (Å²) in [4.78, 5) is 11.0. The van der Waals surface area contributed by atoms with Crippen molar-refractivity contribution in [3.8, 4) is 0 Å². The van der Waals surface area contributed by atoms with Gasteiger partial charge in [0.05, 0.1) is 13.5 Å². The lowest BCUT2D eigenvalue weighted by Crippen LogP contribution is -2.07. The number of carbonyl (C=O) groups excluding carboxylic acids is 1. The molecule has 0 spiro atoms. The van der Waals surface area contributed by atoms with Crippen molar-refractivity contribution in [1.82, 2.24) is 0 Å². The maximum Gasteiger partial charge on any atom is 0.310 e. The molecule has 1 aromatic rings. The first-order chi connectivity index (χ1) is 6.54. The molecule has 0 saturated carbocycles. The van der Waals surface area contributed by atoms with Crippen LogP contribution in [0.25, 0.3) is 0 Å². The van der Waals surface area contributed by atoms with Crippen LogP contribution in [0.2, 0.25) is 0 Å². The Labute approximate surface area is 90.2 Å². The van der Waals surface area contributed by atoms with E-state index in [1.165, 1.54) is 13.2 Å². The van der Waals surface area contributed by atoms with Gasteiger partial charge in [-0.15, -0.1) is 0 Å². The Morgan fingerprint density at radius 1 is 1.57 bits per heavy atom. The average molecular weight is 261 g/mol. The molecule has 0 aliphatic carbocycles. The topological polar surface area (TPSA) is 26.3 Å². The van der Waals surface area contributed by atoms with Gasteiger partial charge in [0.2, 0.25) is 0 Å². The molecule has 0 aliphatic heterocycles. The molecule has 0 atom stereocenters. The molecule has 2 nitrogen and oxygen atoms in total. The van der Waals surface area contributed by atoms with E-state index in [0.29, 0.717) is 10.0 Å². The summed E-state index contributed by atoms with van der Waals surface area (Å²) in [5.41, 5.74) is 1.13. The maximum atomic E-state index is 13.4. The molecule has 1 aromatic carbocycles. The van der Waals surface area contributed by atoms with Crippen LogP contribution in [0.3, 0.4) is 0 Å². The Kier molecular flexibility index (Phi) is 3.63. The Balaban J connectivity index is 3.02. The van der Waals surface area contributed by atoms with E-state index < -0.39 is 5.97 Å². The quantitative estimate of drug-likeness (QED) is 0.765. The molecular weight excluding hydrogens is 251 g/mol. The Morgan fingerprint density at radius 3 is 2.71 bits per heavy atom. The highest BCUT2D eigenvalue weighted by atomic mass is 79.9. The number of benzene rings is 1.